The van der Waals surface area contributed by atoms with Crippen LogP contribution in [0.5, 0.6) is 0 Å². The molecule has 2 aromatic rings. The summed E-state index contributed by atoms with van der Waals surface area (Å²) in [5.74, 6) is -0.264. The van der Waals surface area contributed by atoms with E-state index in [9.17, 15) is 4.79 Å². The maximum Gasteiger partial charge on any atom is 0.286 e. The van der Waals surface area contributed by atoms with Crippen molar-refractivity contribution in [1.29, 1.82) is 0 Å². The molecular formula is C11H11BrN4OS. The molecule has 5 nitrogen and oxygen atoms in total. The third-order valence-electron chi connectivity index (χ3n) is 2.27. The summed E-state index contributed by atoms with van der Waals surface area (Å²) in [4.78, 5) is 12.0. The van der Waals surface area contributed by atoms with Gasteiger partial charge in [-0.25, -0.2) is 0 Å². The molecule has 0 atom stereocenters. The molecule has 0 spiro atoms. The molecular weight excluding hydrogens is 316 g/mol. The number of carbonyl (C=O) groups is 1. The Morgan fingerprint density at radius 1 is 1.39 bits per heavy atom. The van der Waals surface area contributed by atoms with Gasteiger partial charge in [0.25, 0.3) is 5.91 Å². The van der Waals surface area contributed by atoms with E-state index in [-0.39, 0.29) is 5.91 Å². The van der Waals surface area contributed by atoms with Gasteiger partial charge in [-0.15, -0.1) is 10.2 Å². The maximum absolute atomic E-state index is 12.0. The number of nitrogens with one attached hydrogen (secondary N) is 2. The highest BCUT2D eigenvalue weighted by Crippen LogP contribution is 2.26. The smallest absolute Gasteiger partial charge is 0.286 e. The summed E-state index contributed by atoms with van der Waals surface area (Å²) in [6.07, 6.45) is 0. The molecule has 0 fully saturated rings. The van der Waals surface area contributed by atoms with Crippen LogP contribution in [-0.2, 0) is 0 Å². The SMILES string of the molecule is CNc1nnc(C(=O)Nc2cccc(C)c2Br)s1. The third-order valence-corrected chi connectivity index (χ3v) is 4.27. The van der Waals surface area contributed by atoms with Crippen molar-refractivity contribution in [3.05, 3.63) is 33.2 Å². The molecule has 0 aliphatic carbocycles. The second-order valence-corrected chi connectivity index (χ2v) is 5.32. The van der Waals surface area contributed by atoms with Gasteiger partial charge in [0.05, 0.1) is 5.69 Å². The maximum atomic E-state index is 12.0. The first-order chi connectivity index (χ1) is 8.61. The largest absolute Gasteiger partial charge is 0.363 e. The van der Waals surface area contributed by atoms with Crippen molar-refractivity contribution in [2.24, 2.45) is 0 Å². The predicted octanol–water partition coefficient (Wildman–Crippen LogP) is 2.90. The molecule has 94 valence electrons. The first-order valence-electron chi connectivity index (χ1n) is 5.19. The van der Waals surface area contributed by atoms with Crippen LogP contribution in [0.4, 0.5) is 10.8 Å². The number of rotatable bonds is 3. The molecule has 0 bridgehead atoms. The molecule has 0 radical (unpaired) electrons. The summed E-state index contributed by atoms with van der Waals surface area (Å²) in [5, 5.41) is 14.2. The lowest BCUT2D eigenvalue weighted by Crippen LogP contribution is -2.12. The Hall–Kier alpha value is -1.47. The van der Waals surface area contributed by atoms with E-state index in [1.54, 1.807) is 7.05 Å². The van der Waals surface area contributed by atoms with Crippen molar-refractivity contribution in [2.75, 3.05) is 17.7 Å². The number of carbonyl (C=O) groups excluding carboxylic acids is 1. The number of aromatic nitrogens is 2. The Morgan fingerprint density at radius 3 is 2.83 bits per heavy atom. The molecule has 0 aliphatic rings. The summed E-state index contributed by atoms with van der Waals surface area (Å²) in [5.41, 5.74) is 1.78. The molecule has 0 aliphatic heterocycles. The van der Waals surface area contributed by atoms with Gasteiger partial charge in [0.1, 0.15) is 0 Å². The Labute approximate surface area is 117 Å². The third kappa shape index (κ3) is 2.68. The number of halogens is 1. The number of hydrogen-bond donors (Lipinski definition) is 2. The van der Waals surface area contributed by atoms with E-state index in [4.69, 9.17) is 0 Å². The van der Waals surface area contributed by atoms with Crippen molar-refractivity contribution in [3.8, 4) is 0 Å². The molecule has 2 N–H and O–H groups in total. The van der Waals surface area contributed by atoms with E-state index in [0.717, 1.165) is 15.7 Å². The number of hydrogen-bond acceptors (Lipinski definition) is 5. The van der Waals surface area contributed by atoms with Gasteiger partial charge < -0.3 is 10.6 Å². The highest BCUT2D eigenvalue weighted by atomic mass is 79.9. The van der Waals surface area contributed by atoms with Crippen LogP contribution in [0.2, 0.25) is 0 Å². The highest BCUT2D eigenvalue weighted by molar-refractivity contribution is 9.10. The monoisotopic (exact) mass is 326 g/mol. The number of aryl methyl sites for hydroxylation is 1. The predicted molar refractivity (Wildman–Crippen MR) is 76.3 cm³/mol. The molecule has 0 saturated heterocycles. The van der Waals surface area contributed by atoms with Crippen molar-refractivity contribution in [1.82, 2.24) is 10.2 Å². The van der Waals surface area contributed by atoms with Crippen LogP contribution >= 0.6 is 27.3 Å². The van der Waals surface area contributed by atoms with Crippen molar-refractivity contribution < 1.29 is 4.79 Å². The Balaban J connectivity index is 2.18. The van der Waals surface area contributed by atoms with Gasteiger partial charge in [0.15, 0.2) is 0 Å². The van der Waals surface area contributed by atoms with Gasteiger partial charge in [0, 0.05) is 11.5 Å². The van der Waals surface area contributed by atoms with E-state index in [0.29, 0.717) is 10.1 Å². The fourth-order valence-corrected chi connectivity index (χ4v) is 2.29. The fourth-order valence-electron chi connectivity index (χ4n) is 1.34. The summed E-state index contributed by atoms with van der Waals surface area (Å²) < 4.78 is 0.872. The van der Waals surface area contributed by atoms with Crippen LogP contribution in [0.25, 0.3) is 0 Å². The normalized spacial score (nSPS) is 10.2. The Morgan fingerprint density at radius 2 is 2.17 bits per heavy atom. The summed E-state index contributed by atoms with van der Waals surface area (Å²) >= 11 is 4.65. The molecule has 2 rings (SSSR count). The Kier molecular flexibility index (Phi) is 3.93. The topological polar surface area (TPSA) is 66.9 Å². The van der Waals surface area contributed by atoms with Crippen molar-refractivity contribution >= 4 is 44.0 Å². The van der Waals surface area contributed by atoms with Gasteiger partial charge in [-0.05, 0) is 34.5 Å². The van der Waals surface area contributed by atoms with E-state index in [1.807, 2.05) is 25.1 Å². The zero-order valence-electron chi connectivity index (χ0n) is 9.82. The molecule has 1 heterocycles. The molecule has 1 amide bonds. The van der Waals surface area contributed by atoms with E-state index < -0.39 is 0 Å². The van der Waals surface area contributed by atoms with E-state index in [1.165, 1.54) is 11.3 Å². The number of benzene rings is 1. The van der Waals surface area contributed by atoms with Crippen molar-refractivity contribution in [3.63, 3.8) is 0 Å². The van der Waals surface area contributed by atoms with E-state index >= 15 is 0 Å². The van der Waals surface area contributed by atoms with Crippen LogP contribution in [0.1, 0.15) is 15.4 Å². The van der Waals surface area contributed by atoms with Gasteiger partial charge in [0.2, 0.25) is 10.1 Å². The average Bonchev–Trinajstić information content (AvgIpc) is 2.83. The second-order valence-electron chi connectivity index (χ2n) is 3.55. The quantitative estimate of drug-likeness (QED) is 0.910. The molecule has 0 saturated carbocycles. The fraction of sp³-hybridized carbons (Fsp3) is 0.182. The van der Waals surface area contributed by atoms with Gasteiger partial charge in [-0.2, -0.15) is 0 Å². The number of nitrogens with zero attached hydrogens (tertiary/aromatic N) is 2. The lowest BCUT2D eigenvalue weighted by Gasteiger charge is -2.07. The Bertz CT molecular complexity index is 584. The molecule has 7 heteroatoms. The molecule has 1 aromatic heterocycles. The van der Waals surface area contributed by atoms with Crippen LogP contribution in [0.3, 0.4) is 0 Å². The van der Waals surface area contributed by atoms with E-state index in [2.05, 4.69) is 36.8 Å². The van der Waals surface area contributed by atoms with Crippen molar-refractivity contribution in [2.45, 2.75) is 6.92 Å². The average molecular weight is 327 g/mol. The number of anilines is 2. The van der Waals surface area contributed by atoms with Crippen LogP contribution < -0.4 is 10.6 Å². The van der Waals surface area contributed by atoms with Crippen LogP contribution in [-0.4, -0.2) is 23.2 Å². The number of amides is 1. The second kappa shape index (κ2) is 5.45. The van der Waals surface area contributed by atoms with Gasteiger partial charge in [-0.3, -0.25) is 4.79 Å². The summed E-state index contributed by atoms with van der Waals surface area (Å²) in [6, 6.07) is 5.67. The zero-order valence-corrected chi connectivity index (χ0v) is 12.2. The summed E-state index contributed by atoms with van der Waals surface area (Å²) in [7, 11) is 1.74. The first kappa shape index (κ1) is 13.0. The minimum Gasteiger partial charge on any atom is -0.363 e. The molecule has 18 heavy (non-hydrogen) atoms. The minimum atomic E-state index is -0.264. The standard InChI is InChI=1S/C11H11BrN4OS/c1-6-4-3-5-7(8(6)12)14-9(17)10-15-16-11(13-2)18-10/h3-5H,1-2H3,(H,13,16)(H,14,17). The first-order valence-corrected chi connectivity index (χ1v) is 6.80. The lowest BCUT2D eigenvalue weighted by molar-refractivity contribution is 0.102. The zero-order chi connectivity index (χ0) is 13.1. The molecule has 1 aromatic carbocycles. The van der Waals surface area contributed by atoms with Gasteiger partial charge >= 0.3 is 0 Å². The van der Waals surface area contributed by atoms with Gasteiger partial charge in [-0.1, -0.05) is 23.5 Å². The lowest BCUT2D eigenvalue weighted by atomic mass is 10.2. The minimum absolute atomic E-state index is 0.264. The van der Waals surface area contributed by atoms with Crippen LogP contribution in [0, 0.1) is 6.92 Å². The molecule has 0 unspecified atom stereocenters. The highest BCUT2D eigenvalue weighted by Gasteiger charge is 2.14. The summed E-state index contributed by atoms with van der Waals surface area (Å²) in [6.45, 7) is 1.96. The van der Waals surface area contributed by atoms with Crippen LogP contribution in [0.15, 0.2) is 22.7 Å².